The van der Waals surface area contributed by atoms with Gasteiger partial charge in [-0.2, -0.15) is 0 Å². The highest BCUT2D eigenvalue weighted by atomic mass is 19.1. The number of anilines is 2. The zero-order chi connectivity index (χ0) is 20.9. The van der Waals surface area contributed by atoms with E-state index in [1.165, 1.54) is 12.1 Å². The molecule has 31 heavy (non-hydrogen) atoms. The second kappa shape index (κ2) is 7.02. The molecule has 8 heteroatoms. The number of hydrogen-bond donors (Lipinski definition) is 2. The van der Waals surface area contributed by atoms with Crippen LogP contribution in [0, 0.1) is 5.82 Å². The van der Waals surface area contributed by atoms with E-state index in [2.05, 4.69) is 20.5 Å². The van der Waals surface area contributed by atoms with Crippen molar-refractivity contribution in [1.82, 2.24) is 24.9 Å². The number of pyridine rings is 1. The summed E-state index contributed by atoms with van der Waals surface area (Å²) in [7, 11) is 1.84. The Morgan fingerprint density at radius 1 is 1.10 bits per heavy atom. The molecule has 0 saturated carbocycles. The Morgan fingerprint density at radius 2 is 1.97 bits per heavy atom. The van der Waals surface area contributed by atoms with Gasteiger partial charge in [0.05, 0.1) is 5.69 Å². The summed E-state index contributed by atoms with van der Waals surface area (Å²) < 4.78 is 15.5. The number of fused-ring (bicyclic) bond motifs is 3. The maximum atomic E-state index is 13.6. The molecule has 0 radical (unpaired) electrons. The molecule has 0 aliphatic carbocycles. The minimum Gasteiger partial charge on any atom is -0.373 e. The lowest BCUT2D eigenvalue weighted by Crippen LogP contribution is -2.44. The average molecular weight is 415 g/mol. The van der Waals surface area contributed by atoms with E-state index in [1.807, 2.05) is 35.8 Å². The highest BCUT2D eigenvalue weighted by Gasteiger charge is 2.38. The fourth-order valence-electron chi connectivity index (χ4n) is 4.70. The fraction of sp³-hybridized carbons (Fsp3) is 0.261. The maximum absolute atomic E-state index is 13.6. The van der Waals surface area contributed by atoms with E-state index >= 15 is 0 Å². The molecule has 6 rings (SSSR count). The van der Waals surface area contributed by atoms with E-state index in [9.17, 15) is 4.39 Å². The summed E-state index contributed by atoms with van der Waals surface area (Å²) in [6.45, 7) is 1.97. The van der Waals surface area contributed by atoms with Gasteiger partial charge in [-0.25, -0.2) is 18.9 Å². The number of rotatable bonds is 4. The van der Waals surface area contributed by atoms with E-state index in [0.29, 0.717) is 12.1 Å². The van der Waals surface area contributed by atoms with Crippen LogP contribution in [0.4, 0.5) is 16.0 Å². The SMILES string of the molecule is CNc1cc(-c2c(-c3ccc(F)cc3)nc3ccc(N4C[C@@H]5C[C@H]4CN5)nn23)ccn1. The minimum atomic E-state index is -0.270. The molecule has 0 spiro atoms. The van der Waals surface area contributed by atoms with Crippen LogP contribution in [0.5, 0.6) is 0 Å². The third-order valence-corrected chi connectivity index (χ3v) is 6.22. The van der Waals surface area contributed by atoms with Crippen LogP contribution in [-0.2, 0) is 0 Å². The van der Waals surface area contributed by atoms with Gasteiger partial charge in [0.1, 0.15) is 23.1 Å². The molecular weight excluding hydrogens is 393 g/mol. The number of aromatic nitrogens is 4. The van der Waals surface area contributed by atoms with Gasteiger partial charge in [0.2, 0.25) is 0 Å². The molecule has 2 saturated heterocycles. The molecule has 0 unspecified atom stereocenters. The lowest BCUT2D eigenvalue weighted by molar-refractivity contribution is 0.573. The zero-order valence-electron chi connectivity index (χ0n) is 17.1. The summed E-state index contributed by atoms with van der Waals surface area (Å²) >= 11 is 0. The summed E-state index contributed by atoms with van der Waals surface area (Å²) in [4.78, 5) is 11.6. The molecule has 2 fully saturated rings. The Hall–Kier alpha value is -3.52. The summed E-state index contributed by atoms with van der Waals surface area (Å²) in [5.74, 6) is 1.44. The van der Waals surface area contributed by atoms with E-state index in [-0.39, 0.29) is 5.82 Å². The lowest BCUT2D eigenvalue weighted by atomic mass is 10.1. The summed E-state index contributed by atoms with van der Waals surface area (Å²) in [6.07, 6.45) is 2.93. The summed E-state index contributed by atoms with van der Waals surface area (Å²) in [5, 5.41) is 11.6. The highest BCUT2D eigenvalue weighted by molar-refractivity contribution is 5.82. The number of benzene rings is 1. The molecule has 2 N–H and O–H groups in total. The Balaban J connectivity index is 1.55. The highest BCUT2D eigenvalue weighted by Crippen LogP contribution is 2.35. The van der Waals surface area contributed by atoms with Crippen LogP contribution >= 0.6 is 0 Å². The average Bonchev–Trinajstić information content (AvgIpc) is 3.53. The predicted molar refractivity (Wildman–Crippen MR) is 119 cm³/mol. The molecule has 5 heterocycles. The zero-order valence-corrected chi connectivity index (χ0v) is 17.1. The van der Waals surface area contributed by atoms with Crippen molar-refractivity contribution < 1.29 is 4.39 Å². The molecule has 2 atom stereocenters. The number of piperazine rings is 1. The predicted octanol–water partition coefficient (Wildman–Crippen LogP) is 3.19. The van der Waals surface area contributed by atoms with E-state index < -0.39 is 0 Å². The van der Waals surface area contributed by atoms with Crippen LogP contribution < -0.4 is 15.5 Å². The Morgan fingerprint density at radius 3 is 2.71 bits per heavy atom. The van der Waals surface area contributed by atoms with Crippen molar-refractivity contribution in [3.05, 3.63) is 60.5 Å². The first-order valence-electron chi connectivity index (χ1n) is 10.5. The van der Waals surface area contributed by atoms with E-state index in [1.54, 1.807) is 18.3 Å². The first kappa shape index (κ1) is 18.3. The first-order valence-corrected chi connectivity index (χ1v) is 10.5. The Bertz CT molecular complexity index is 1270. The number of halogens is 1. The van der Waals surface area contributed by atoms with Gasteiger partial charge in [0.15, 0.2) is 5.65 Å². The van der Waals surface area contributed by atoms with Crippen LogP contribution in [0.3, 0.4) is 0 Å². The smallest absolute Gasteiger partial charge is 0.155 e. The number of nitrogens with zero attached hydrogens (tertiary/aromatic N) is 5. The van der Waals surface area contributed by atoms with Gasteiger partial charge in [-0.3, -0.25) is 0 Å². The Kier molecular flexibility index (Phi) is 4.14. The number of nitrogens with one attached hydrogen (secondary N) is 2. The fourth-order valence-corrected chi connectivity index (χ4v) is 4.70. The van der Waals surface area contributed by atoms with Crippen molar-refractivity contribution in [2.45, 2.75) is 18.5 Å². The largest absolute Gasteiger partial charge is 0.373 e. The van der Waals surface area contributed by atoms with Gasteiger partial charge in [-0.15, -0.1) is 5.10 Å². The third kappa shape index (κ3) is 3.02. The molecular formula is C23H22FN7. The number of hydrogen-bond acceptors (Lipinski definition) is 6. The van der Waals surface area contributed by atoms with Crippen molar-refractivity contribution in [1.29, 1.82) is 0 Å². The molecule has 7 nitrogen and oxygen atoms in total. The summed E-state index contributed by atoms with van der Waals surface area (Å²) in [6, 6.07) is 15.4. The van der Waals surface area contributed by atoms with Gasteiger partial charge in [0.25, 0.3) is 0 Å². The van der Waals surface area contributed by atoms with Gasteiger partial charge in [-0.1, -0.05) is 0 Å². The minimum absolute atomic E-state index is 0.270. The first-order chi connectivity index (χ1) is 15.2. The van der Waals surface area contributed by atoms with Crippen molar-refractivity contribution >= 4 is 17.3 Å². The topological polar surface area (TPSA) is 70.4 Å². The van der Waals surface area contributed by atoms with Crippen molar-refractivity contribution in [2.75, 3.05) is 30.4 Å². The second-order valence-electron chi connectivity index (χ2n) is 8.10. The molecule has 1 aromatic carbocycles. The van der Waals surface area contributed by atoms with Gasteiger partial charge in [0, 0.05) is 49.5 Å². The maximum Gasteiger partial charge on any atom is 0.155 e. The van der Waals surface area contributed by atoms with Gasteiger partial charge in [-0.05, 0) is 55.0 Å². The summed E-state index contributed by atoms with van der Waals surface area (Å²) in [5.41, 5.74) is 4.17. The standard InChI is InChI=1S/C23H22FN7/c1-25-19-10-15(8-9-26-19)23-22(14-2-4-16(24)5-3-14)28-20-6-7-21(29-31(20)23)30-13-17-11-18(30)12-27-17/h2-10,17-18,27H,11-13H2,1H3,(H,25,26)/t17-,18-/m0/s1. The molecule has 2 aliphatic heterocycles. The quantitative estimate of drug-likeness (QED) is 0.534. The van der Waals surface area contributed by atoms with Crippen LogP contribution in [-0.4, -0.2) is 51.8 Å². The normalized spacial score (nSPS) is 20.0. The monoisotopic (exact) mass is 415 g/mol. The molecule has 4 aromatic rings. The van der Waals surface area contributed by atoms with E-state index in [0.717, 1.165) is 59.3 Å². The van der Waals surface area contributed by atoms with Crippen LogP contribution in [0.1, 0.15) is 6.42 Å². The van der Waals surface area contributed by atoms with E-state index in [4.69, 9.17) is 10.1 Å². The Labute approximate surface area is 178 Å². The molecule has 2 aliphatic rings. The number of imidazole rings is 1. The van der Waals surface area contributed by atoms with Crippen LogP contribution in [0.2, 0.25) is 0 Å². The molecule has 0 amide bonds. The van der Waals surface area contributed by atoms with Gasteiger partial charge >= 0.3 is 0 Å². The van der Waals surface area contributed by atoms with Crippen molar-refractivity contribution in [3.8, 4) is 22.5 Å². The third-order valence-electron chi connectivity index (χ3n) is 6.22. The second-order valence-corrected chi connectivity index (χ2v) is 8.10. The van der Waals surface area contributed by atoms with Crippen molar-refractivity contribution in [2.24, 2.45) is 0 Å². The molecule has 3 aromatic heterocycles. The molecule has 156 valence electrons. The van der Waals surface area contributed by atoms with Gasteiger partial charge < -0.3 is 15.5 Å². The van der Waals surface area contributed by atoms with Crippen LogP contribution in [0.25, 0.3) is 28.2 Å². The van der Waals surface area contributed by atoms with Crippen LogP contribution in [0.15, 0.2) is 54.7 Å². The van der Waals surface area contributed by atoms with Crippen molar-refractivity contribution in [3.63, 3.8) is 0 Å². The molecule has 2 bridgehead atoms. The lowest BCUT2D eigenvalue weighted by Gasteiger charge is -2.28.